The minimum atomic E-state index is -1.13. The van der Waals surface area contributed by atoms with E-state index in [1.54, 1.807) is 12.1 Å². The standard InChI is InChI=1S/C26H28FN5O3S/c1-14-11-15(2)13-19(12-14)32(26(35)23-20(28)21(24(29)33)31-36-23)22(16-7-9-17(27)10-8-16)25(34)30-18-5-3-4-6-18/h7-13,18,22H,3-6,28H2,1-2H3,(H2,29,33)(H,30,34)/t22-/m1/s1. The summed E-state index contributed by atoms with van der Waals surface area (Å²) >= 11 is 0.745. The highest BCUT2D eigenvalue weighted by Gasteiger charge is 2.37. The molecule has 1 saturated carbocycles. The Morgan fingerprint density at radius 2 is 1.69 bits per heavy atom. The number of primary amides is 1. The molecule has 10 heteroatoms. The van der Waals surface area contributed by atoms with Gasteiger partial charge in [0.15, 0.2) is 5.69 Å². The molecule has 0 aliphatic heterocycles. The molecule has 188 valence electrons. The van der Waals surface area contributed by atoms with Gasteiger partial charge in [-0.25, -0.2) is 4.39 Å². The number of anilines is 2. The Kier molecular flexibility index (Phi) is 7.35. The number of nitrogens with one attached hydrogen (secondary N) is 1. The summed E-state index contributed by atoms with van der Waals surface area (Å²) in [7, 11) is 0. The van der Waals surface area contributed by atoms with Crippen LogP contribution in [0.25, 0.3) is 0 Å². The van der Waals surface area contributed by atoms with Gasteiger partial charge in [-0.05, 0) is 79.2 Å². The van der Waals surface area contributed by atoms with Gasteiger partial charge in [0.05, 0.1) is 5.69 Å². The van der Waals surface area contributed by atoms with E-state index >= 15 is 0 Å². The molecule has 2 aromatic carbocycles. The molecule has 5 N–H and O–H groups in total. The van der Waals surface area contributed by atoms with E-state index in [4.69, 9.17) is 11.5 Å². The molecule has 8 nitrogen and oxygen atoms in total. The fourth-order valence-corrected chi connectivity index (χ4v) is 5.37. The third kappa shape index (κ3) is 5.23. The lowest BCUT2D eigenvalue weighted by Gasteiger charge is -2.32. The molecule has 0 bridgehead atoms. The second-order valence-electron chi connectivity index (χ2n) is 9.10. The number of nitrogen functional groups attached to an aromatic ring is 1. The number of nitrogens with two attached hydrogens (primary N) is 2. The zero-order chi connectivity index (χ0) is 26.0. The minimum Gasteiger partial charge on any atom is -0.395 e. The maximum atomic E-state index is 14.1. The molecule has 4 rings (SSSR count). The summed E-state index contributed by atoms with van der Waals surface area (Å²) in [5.41, 5.74) is 13.8. The van der Waals surface area contributed by atoms with E-state index < -0.39 is 23.7 Å². The largest absolute Gasteiger partial charge is 0.395 e. The Balaban J connectivity index is 1.88. The number of carbonyl (C=O) groups is 3. The number of rotatable bonds is 7. The number of hydrogen-bond acceptors (Lipinski definition) is 6. The zero-order valence-corrected chi connectivity index (χ0v) is 20.9. The van der Waals surface area contributed by atoms with Crippen molar-refractivity contribution < 1.29 is 18.8 Å². The van der Waals surface area contributed by atoms with Gasteiger partial charge in [0, 0.05) is 11.7 Å². The Bertz CT molecular complexity index is 1280. The highest BCUT2D eigenvalue weighted by molar-refractivity contribution is 7.09. The van der Waals surface area contributed by atoms with Crippen LogP contribution in [0.4, 0.5) is 15.8 Å². The summed E-state index contributed by atoms with van der Waals surface area (Å²) in [4.78, 5) is 40.9. The second-order valence-corrected chi connectivity index (χ2v) is 9.88. The summed E-state index contributed by atoms with van der Waals surface area (Å²) < 4.78 is 17.8. The fourth-order valence-electron chi connectivity index (χ4n) is 4.62. The molecular formula is C26H28FN5O3S. The summed E-state index contributed by atoms with van der Waals surface area (Å²) in [6.07, 6.45) is 3.73. The van der Waals surface area contributed by atoms with Crippen molar-refractivity contribution in [3.05, 3.63) is 75.5 Å². The maximum Gasteiger partial charge on any atom is 0.273 e. The predicted octanol–water partition coefficient (Wildman–Crippen LogP) is 4.03. The van der Waals surface area contributed by atoms with Gasteiger partial charge in [-0.1, -0.05) is 31.0 Å². The number of hydrogen-bond donors (Lipinski definition) is 3. The summed E-state index contributed by atoms with van der Waals surface area (Å²) in [6.45, 7) is 3.77. The second kappa shape index (κ2) is 10.4. The average molecular weight is 510 g/mol. The molecule has 1 atom stereocenters. The third-order valence-corrected chi connectivity index (χ3v) is 7.10. The quantitative estimate of drug-likeness (QED) is 0.443. The van der Waals surface area contributed by atoms with Crippen LogP contribution in [0, 0.1) is 19.7 Å². The fraction of sp³-hybridized carbons (Fsp3) is 0.308. The van der Waals surface area contributed by atoms with Crippen LogP contribution in [0.5, 0.6) is 0 Å². The Hall–Kier alpha value is -3.79. The van der Waals surface area contributed by atoms with Crippen molar-refractivity contribution in [1.29, 1.82) is 0 Å². The number of amides is 3. The van der Waals surface area contributed by atoms with Gasteiger partial charge in [0.2, 0.25) is 5.91 Å². The lowest BCUT2D eigenvalue weighted by molar-refractivity contribution is -0.123. The molecule has 0 unspecified atom stereocenters. The average Bonchev–Trinajstić information content (AvgIpc) is 3.46. The highest BCUT2D eigenvalue weighted by Crippen LogP contribution is 2.34. The number of halogens is 1. The van der Waals surface area contributed by atoms with Crippen molar-refractivity contribution in [1.82, 2.24) is 9.69 Å². The van der Waals surface area contributed by atoms with Crippen molar-refractivity contribution in [2.24, 2.45) is 5.73 Å². The molecule has 1 aromatic heterocycles. The molecule has 0 saturated heterocycles. The van der Waals surface area contributed by atoms with Crippen LogP contribution in [0.3, 0.4) is 0 Å². The molecule has 0 spiro atoms. The lowest BCUT2D eigenvalue weighted by Crippen LogP contribution is -2.46. The molecule has 1 fully saturated rings. The van der Waals surface area contributed by atoms with Crippen LogP contribution in [0.1, 0.15) is 68.6 Å². The normalized spacial score (nSPS) is 14.4. The number of aromatic nitrogens is 1. The molecule has 1 aliphatic rings. The first kappa shape index (κ1) is 25.3. The van der Waals surface area contributed by atoms with Gasteiger partial charge in [-0.2, -0.15) is 4.37 Å². The van der Waals surface area contributed by atoms with Gasteiger partial charge >= 0.3 is 0 Å². The Morgan fingerprint density at radius 3 is 2.25 bits per heavy atom. The molecule has 1 aliphatic carbocycles. The van der Waals surface area contributed by atoms with Gasteiger partial charge in [0.25, 0.3) is 11.8 Å². The summed E-state index contributed by atoms with van der Waals surface area (Å²) in [6, 6.07) is 9.87. The van der Waals surface area contributed by atoms with Crippen LogP contribution < -0.4 is 21.7 Å². The topological polar surface area (TPSA) is 131 Å². The maximum absolute atomic E-state index is 14.1. The smallest absolute Gasteiger partial charge is 0.273 e. The van der Waals surface area contributed by atoms with Crippen LogP contribution in [-0.4, -0.2) is 28.1 Å². The van der Waals surface area contributed by atoms with E-state index in [0.29, 0.717) is 11.3 Å². The highest BCUT2D eigenvalue weighted by atomic mass is 32.1. The number of nitrogens with zero attached hydrogens (tertiary/aromatic N) is 2. The van der Waals surface area contributed by atoms with E-state index in [9.17, 15) is 18.8 Å². The van der Waals surface area contributed by atoms with Crippen molar-refractivity contribution in [3.63, 3.8) is 0 Å². The van der Waals surface area contributed by atoms with E-state index in [-0.39, 0.29) is 28.2 Å². The summed E-state index contributed by atoms with van der Waals surface area (Å²) in [5.74, 6) is -2.32. The Morgan fingerprint density at radius 1 is 1.08 bits per heavy atom. The van der Waals surface area contributed by atoms with E-state index in [1.165, 1.54) is 29.2 Å². The van der Waals surface area contributed by atoms with Crippen LogP contribution in [-0.2, 0) is 4.79 Å². The van der Waals surface area contributed by atoms with Crippen LogP contribution >= 0.6 is 11.5 Å². The zero-order valence-electron chi connectivity index (χ0n) is 20.1. The van der Waals surface area contributed by atoms with Gasteiger partial charge in [-0.15, -0.1) is 0 Å². The first-order chi connectivity index (χ1) is 17.2. The minimum absolute atomic E-state index is 0.00779. The predicted molar refractivity (Wildman–Crippen MR) is 137 cm³/mol. The molecular weight excluding hydrogens is 481 g/mol. The molecule has 0 radical (unpaired) electrons. The monoisotopic (exact) mass is 509 g/mol. The first-order valence-electron chi connectivity index (χ1n) is 11.7. The lowest BCUT2D eigenvalue weighted by atomic mass is 10.0. The van der Waals surface area contributed by atoms with Crippen molar-refractivity contribution in [3.8, 4) is 0 Å². The molecule has 3 aromatic rings. The van der Waals surface area contributed by atoms with Gasteiger partial charge in [-0.3, -0.25) is 19.3 Å². The third-order valence-electron chi connectivity index (χ3n) is 6.25. The van der Waals surface area contributed by atoms with Gasteiger partial charge in [0.1, 0.15) is 16.7 Å². The van der Waals surface area contributed by atoms with E-state index in [2.05, 4.69) is 9.69 Å². The Labute approximate surface area is 212 Å². The van der Waals surface area contributed by atoms with Crippen molar-refractivity contribution in [2.75, 3.05) is 10.6 Å². The van der Waals surface area contributed by atoms with E-state index in [0.717, 1.165) is 48.3 Å². The number of aryl methyl sites for hydroxylation is 2. The molecule has 36 heavy (non-hydrogen) atoms. The number of carbonyl (C=O) groups excluding carboxylic acids is 3. The summed E-state index contributed by atoms with van der Waals surface area (Å²) in [5, 5.41) is 3.07. The van der Waals surface area contributed by atoms with Crippen molar-refractivity contribution >= 4 is 40.6 Å². The van der Waals surface area contributed by atoms with Gasteiger partial charge < -0.3 is 16.8 Å². The van der Waals surface area contributed by atoms with Crippen molar-refractivity contribution in [2.45, 2.75) is 51.6 Å². The van der Waals surface area contributed by atoms with E-state index in [1.807, 2.05) is 19.9 Å². The number of benzene rings is 2. The van der Waals surface area contributed by atoms with Crippen LogP contribution in [0.2, 0.25) is 0 Å². The first-order valence-corrected chi connectivity index (χ1v) is 12.5. The van der Waals surface area contributed by atoms with Crippen LogP contribution in [0.15, 0.2) is 42.5 Å². The SMILES string of the molecule is Cc1cc(C)cc(N(C(=O)c2snc(C(N)=O)c2N)[C@@H](C(=O)NC2CCCC2)c2ccc(F)cc2)c1. The molecule has 3 amide bonds. The molecule has 1 heterocycles.